The van der Waals surface area contributed by atoms with Gasteiger partial charge < -0.3 is 20.9 Å². The van der Waals surface area contributed by atoms with Gasteiger partial charge in [0.1, 0.15) is 5.82 Å². The Hall–Kier alpha value is -2.15. The number of aryl methyl sites for hydroxylation is 1. The molecule has 3 rings (SSSR count). The van der Waals surface area contributed by atoms with Crippen LogP contribution >= 0.6 is 0 Å². The van der Waals surface area contributed by atoms with E-state index in [9.17, 15) is 9.59 Å². The number of aromatic nitrogens is 1. The van der Waals surface area contributed by atoms with Crippen LogP contribution in [0.3, 0.4) is 0 Å². The van der Waals surface area contributed by atoms with E-state index in [4.69, 9.17) is 5.73 Å². The Labute approximate surface area is 161 Å². The molecule has 3 N–H and O–H groups in total. The molecule has 1 unspecified atom stereocenters. The lowest BCUT2D eigenvalue weighted by molar-refractivity contribution is -0.148. The quantitative estimate of drug-likeness (QED) is 0.773. The average molecular weight is 374 g/mol. The first-order valence-electron chi connectivity index (χ1n) is 9.87. The SMILES string of the molecule is Cc1cc(NC(=O)C(=O)N2C[C@@H](C)CC[C@@H]2C2CCCN(C)C2)cnc1N. The number of pyridine rings is 1. The summed E-state index contributed by atoms with van der Waals surface area (Å²) in [5, 5.41) is 2.70. The standard InChI is InChI=1S/C20H31N5O2/c1-13-6-7-17(15-5-4-8-24(3)12-15)25(11-13)20(27)19(26)23-16-9-14(2)18(21)22-10-16/h9-10,13,15,17H,4-8,11-12H2,1-3H3,(H2,21,22)(H,23,26)/t13-,15?,17+/m0/s1. The van der Waals surface area contributed by atoms with Crippen molar-refractivity contribution in [1.29, 1.82) is 0 Å². The van der Waals surface area contributed by atoms with E-state index in [1.165, 1.54) is 6.20 Å². The maximum atomic E-state index is 13.0. The van der Waals surface area contributed by atoms with E-state index in [1.807, 2.05) is 11.8 Å². The second-order valence-electron chi connectivity index (χ2n) is 8.25. The Kier molecular flexibility index (Phi) is 5.99. The van der Waals surface area contributed by atoms with Crippen LogP contribution in [0, 0.1) is 18.8 Å². The van der Waals surface area contributed by atoms with Gasteiger partial charge in [0, 0.05) is 19.1 Å². The molecule has 3 atom stereocenters. The Balaban J connectivity index is 1.72. The summed E-state index contributed by atoms with van der Waals surface area (Å²) >= 11 is 0. The highest BCUT2D eigenvalue weighted by Gasteiger charge is 2.38. The van der Waals surface area contributed by atoms with E-state index in [-0.39, 0.29) is 6.04 Å². The second-order valence-corrected chi connectivity index (χ2v) is 8.25. The van der Waals surface area contributed by atoms with E-state index in [0.29, 0.717) is 29.9 Å². The molecule has 0 aliphatic carbocycles. The number of nitrogen functional groups attached to an aromatic ring is 1. The smallest absolute Gasteiger partial charge is 0.313 e. The van der Waals surface area contributed by atoms with Crippen molar-refractivity contribution in [2.24, 2.45) is 11.8 Å². The van der Waals surface area contributed by atoms with Crippen LogP contribution in [0.1, 0.15) is 38.2 Å². The minimum atomic E-state index is -0.593. The van der Waals surface area contributed by atoms with Crippen molar-refractivity contribution in [2.75, 3.05) is 37.7 Å². The molecule has 7 heteroatoms. The van der Waals surface area contributed by atoms with Crippen molar-refractivity contribution in [1.82, 2.24) is 14.8 Å². The first-order valence-corrected chi connectivity index (χ1v) is 9.87. The molecule has 0 spiro atoms. The number of nitrogens with zero attached hydrogens (tertiary/aromatic N) is 3. The number of hydrogen-bond acceptors (Lipinski definition) is 5. The predicted octanol–water partition coefficient (Wildman–Crippen LogP) is 1.88. The van der Waals surface area contributed by atoms with Gasteiger partial charge >= 0.3 is 11.8 Å². The monoisotopic (exact) mass is 373 g/mol. The summed E-state index contributed by atoms with van der Waals surface area (Å²) < 4.78 is 0. The van der Waals surface area contributed by atoms with Gasteiger partial charge in [0.05, 0.1) is 11.9 Å². The van der Waals surface area contributed by atoms with Crippen molar-refractivity contribution < 1.29 is 9.59 Å². The summed E-state index contributed by atoms with van der Waals surface area (Å²) in [5.41, 5.74) is 6.99. The van der Waals surface area contributed by atoms with Gasteiger partial charge in [0.25, 0.3) is 0 Å². The minimum Gasteiger partial charge on any atom is -0.383 e. The molecule has 0 aromatic carbocycles. The predicted molar refractivity (Wildman–Crippen MR) is 106 cm³/mol. The number of piperidine rings is 2. The van der Waals surface area contributed by atoms with Crippen LogP contribution in [-0.4, -0.2) is 59.3 Å². The molecule has 27 heavy (non-hydrogen) atoms. The number of anilines is 2. The summed E-state index contributed by atoms with van der Waals surface area (Å²) in [5.74, 6) is 0.248. The van der Waals surface area contributed by atoms with Gasteiger partial charge in [-0.1, -0.05) is 6.92 Å². The number of amides is 2. The number of rotatable bonds is 2. The Morgan fingerprint density at radius 3 is 2.74 bits per heavy atom. The molecule has 3 heterocycles. The number of hydrogen-bond donors (Lipinski definition) is 2. The first kappa shape index (κ1) is 19.6. The molecule has 2 saturated heterocycles. The summed E-state index contributed by atoms with van der Waals surface area (Å²) in [4.78, 5) is 33.8. The third kappa shape index (κ3) is 4.58. The normalized spacial score (nSPS) is 26.6. The lowest BCUT2D eigenvalue weighted by Gasteiger charge is -2.45. The largest absolute Gasteiger partial charge is 0.383 e. The van der Waals surface area contributed by atoms with Gasteiger partial charge in [-0.3, -0.25) is 9.59 Å². The maximum absolute atomic E-state index is 13.0. The molecule has 0 radical (unpaired) electrons. The van der Waals surface area contributed by atoms with Crippen LogP contribution in [0.15, 0.2) is 12.3 Å². The molecular formula is C20H31N5O2. The Morgan fingerprint density at radius 1 is 1.26 bits per heavy atom. The highest BCUT2D eigenvalue weighted by molar-refractivity contribution is 6.39. The van der Waals surface area contributed by atoms with Crippen molar-refractivity contribution in [3.63, 3.8) is 0 Å². The zero-order chi connectivity index (χ0) is 19.6. The lowest BCUT2D eigenvalue weighted by atomic mass is 9.82. The molecule has 2 fully saturated rings. The third-order valence-electron chi connectivity index (χ3n) is 5.90. The van der Waals surface area contributed by atoms with Crippen molar-refractivity contribution in [2.45, 2.75) is 45.6 Å². The molecule has 0 saturated carbocycles. The number of nitrogens with one attached hydrogen (secondary N) is 1. The maximum Gasteiger partial charge on any atom is 0.313 e. The number of nitrogens with two attached hydrogens (primary N) is 1. The van der Waals surface area contributed by atoms with E-state index in [1.54, 1.807) is 6.07 Å². The zero-order valence-corrected chi connectivity index (χ0v) is 16.6. The van der Waals surface area contributed by atoms with Gasteiger partial charge in [-0.25, -0.2) is 4.98 Å². The van der Waals surface area contributed by atoms with Gasteiger partial charge in [0.15, 0.2) is 0 Å². The van der Waals surface area contributed by atoms with E-state index in [2.05, 4.69) is 29.2 Å². The van der Waals surface area contributed by atoms with Gasteiger partial charge in [-0.15, -0.1) is 0 Å². The fourth-order valence-corrected chi connectivity index (χ4v) is 4.39. The lowest BCUT2D eigenvalue weighted by Crippen LogP contribution is -2.55. The molecule has 0 bridgehead atoms. The van der Waals surface area contributed by atoms with Gasteiger partial charge in [-0.05, 0) is 69.7 Å². The van der Waals surface area contributed by atoms with Crippen LogP contribution in [0.4, 0.5) is 11.5 Å². The molecule has 7 nitrogen and oxygen atoms in total. The summed E-state index contributed by atoms with van der Waals surface area (Å²) in [6.07, 6.45) is 5.84. The summed E-state index contributed by atoms with van der Waals surface area (Å²) in [6.45, 7) is 6.72. The molecule has 2 aliphatic rings. The molecule has 1 aromatic heterocycles. The number of likely N-dealkylation sites (tertiary alicyclic amines) is 2. The molecule has 2 amide bonds. The van der Waals surface area contributed by atoms with Crippen LogP contribution in [0.5, 0.6) is 0 Å². The van der Waals surface area contributed by atoms with Gasteiger partial charge in [0.2, 0.25) is 0 Å². The van der Waals surface area contributed by atoms with E-state index in [0.717, 1.165) is 44.3 Å². The highest BCUT2D eigenvalue weighted by atomic mass is 16.2. The van der Waals surface area contributed by atoms with Crippen LogP contribution < -0.4 is 11.1 Å². The van der Waals surface area contributed by atoms with Gasteiger partial charge in [-0.2, -0.15) is 0 Å². The Morgan fingerprint density at radius 2 is 2.04 bits per heavy atom. The molecule has 1 aromatic rings. The second kappa shape index (κ2) is 8.25. The summed E-state index contributed by atoms with van der Waals surface area (Å²) in [6, 6.07) is 1.88. The molecule has 2 aliphatic heterocycles. The molecular weight excluding hydrogens is 342 g/mol. The van der Waals surface area contributed by atoms with Crippen molar-refractivity contribution >= 4 is 23.3 Å². The number of carbonyl (C=O) groups is 2. The average Bonchev–Trinajstić information content (AvgIpc) is 2.64. The van der Waals surface area contributed by atoms with E-state index >= 15 is 0 Å². The van der Waals surface area contributed by atoms with Crippen molar-refractivity contribution in [3.8, 4) is 0 Å². The Bertz CT molecular complexity index is 708. The van der Waals surface area contributed by atoms with Crippen LogP contribution in [-0.2, 0) is 9.59 Å². The highest BCUT2D eigenvalue weighted by Crippen LogP contribution is 2.31. The third-order valence-corrected chi connectivity index (χ3v) is 5.90. The fourth-order valence-electron chi connectivity index (χ4n) is 4.39. The minimum absolute atomic E-state index is 0.147. The molecule has 148 valence electrons. The first-order chi connectivity index (χ1) is 12.8. The van der Waals surface area contributed by atoms with E-state index < -0.39 is 11.8 Å². The zero-order valence-electron chi connectivity index (χ0n) is 16.6. The van der Waals surface area contributed by atoms with Crippen LogP contribution in [0.25, 0.3) is 0 Å². The topological polar surface area (TPSA) is 91.6 Å². The summed E-state index contributed by atoms with van der Waals surface area (Å²) in [7, 11) is 2.13. The fraction of sp³-hybridized carbons (Fsp3) is 0.650. The number of carbonyl (C=O) groups excluding carboxylic acids is 2. The van der Waals surface area contributed by atoms with Crippen LogP contribution in [0.2, 0.25) is 0 Å². The van der Waals surface area contributed by atoms with Crippen molar-refractivity contribution in [3.05, 3.63) is 17.8 Å².